The van der Waals surface area contributed by atoms with Crippen LogP contribution in [0.5, 0.6) is 11.5 Å². The van der Waals surface area contributed by atoms with Crippen molar-refractivity contribution in [3.8, 4) is 11.5 Å². The molecule has 3 aliphatic rings. The maximum atomic E-state index is 13.5. The molecule has 3 heterocycles. The molecule has 2 fully saturated rings. The Morgan fingerprint density at radius 3 is 2.63 bits per heavy atom. The summed E-state index contributed by atoms with van der Waals surface area (Å²) in [5, 5.41) is 19.7. The number of ether oxygens (including phenoxy) is 2. The number of aromatic nitrogens is 1. The van der Waals surface area contributed by atoms with Crippen molar-refractivity contribution < 1.29 is 28.1 Å². The van der Waals surface area contributed by atoms with Gasteiger partial charge in [0.15, 0.2) is 17.1 Å². The van der Waals surface area contributed by atoms with E-state index in [-0.39, 0.29) is 24.2 Å². The standard InChI is InChI=1S/C30H33FN4O6/c31-23-6-7-24-26(14-23)41-33-30(24)19-9-11-34(12-10-19)17-22-4-2-1-3-21(22)16-32-29(36)8-5-20-13-27-28(40-18-39-27)15-25(20)35(37)38/h5-8,13-15,19,21-22H,1-4,9-12,16-18H2,(H,32,36)/b8-5+/t21-,22-/m0/s1. The van der Waals surface area contributed by atoms with E-state index in [9.17, 15) is 19.3 Å². The molecule has 216 valence electrons. The summed E-state index contributed by atoms with van der Waals surface area (Å²) in [5.41, 5.74) is 1.58. The third-order valence-corrected chi connectivity index (χ3v) is 8.67. The van der Waals surface area contributed by atoms with E-state index >= 15 is 0 Å². The fourth-order valence-electron chi connectivity index (χ4n) is 6.43. The highest BCUT2D eigenvalue weighted by Crippen LogP contribution is 2.39. The molecule has 0 bridgehead atoms. The van der Waals surface area contributed by atoms with Crippen molar-refractivity contribution in [1.29, 1.82) is 0 Å². The number of benzene rings is 2. The third kappa shape index (κ3) is 6.04. The van der Waals surface area contributed by atoms with Gasteiger partial charge in [-0.15, -0.1) is 0 Å². The lowest BCUT2D eigenvalue weighted by Gasteiger charge is -2.38. The van der Waals surface area contributed by atoms with E-state index in [1.54, 1.807) is 6.07 Å². The van der Waals surface area contributed by atoms with E-state index in [2.05, 4.69) is 15.4 Å². The van der Waals surface area contributed by atoms with Crippen LogP contribution in [-0.2, 0) is 4.79 Å². The summed E-state index contributed by atoms with van der Waals surface area (Å²) < 4.78 is 29.5. The van der Waals surface area contributed by atoms with Gasteiger partial charge in [-0.2, -0.15) is 0 Å². The fraction of sp³-hybridized carbons (Fsp3) is 0.467. The molecule has 6 rings (SSSR count). The highest BCUT2D eigenvalue weighted by molar-refractivity contribution is 5.92. The Labute approximate surface area is 236 Å². The minimum absolute atomic E-state index is 0.0157. The first-order chi connectivity index (χ1) is 19.9. The van der Waals surface area contributed by atoms with Crippen LogP contribution in [0.1, 0.15) is 55.7 Å². The second-order valence-electron chi connectivity index (χ2n) is 11.2. The molecular weight excluding hydrogens is 531 g/mol. The number of halogens is 1. The second-order valence-corrected chi connectivity index (χ2v) is 11.2. The molecule has 1 saturated carbocycles. The van der Waals surface area contributed by atoms with Crippen molar-refractivity contribution in [3.05, 3.63) is 63.6 Å². The van der Waals surface area contributed by atoms with Gasteiger partial charge in [0.1, 0.15) is 5.82 Å². The molecule has 10 nitrogen and oxygen atoms in total. The molecule has 1 aliphatic carbocycles. The number of rotatable bonds is 8. The van der Waals surface area contributed by atoms with E-state index < -0.39 is 4.92 Å². The van der Waals surface area contributed by atoms with Crippen molar-refractivity contribution in [1.82, 2.24) is 15.4 Å². The Morgan fingerprint density at radius 1 is 1.10 bits per heavy atom. The van der Waals surface area contributed by atoms with E-state index in [1.165, 1.54) is 42.8 Å². The maximum Gasteiger partial charge on any atom is 0.280 e. The smallest absolute Gasteiger partial charge is 0.280 e. The van der Waals surface area contributed by atoms with Crippen molar-refractivity contribution in [2.45, 2.75) is 44.4 Å². The number of nitro benzene ring substituents is 1. The molecular formula is C30H33FN4O6. The van der Waals surface area contributed by atoms with Crippen LogP contribution in [0.15, 0.2) is 40.9 Å². The van der Waals surface area contributed by atoms with Crippen LogP contribution < -0.4 is 14.8 Å². The summed E-state index contributed by atoms with van der Waals surface area (Å²) in [7, 11) is 0. The minimum Gasteiger partial charge on any atom is -0.454 e. The number of hydrogen-bond donors (Lipinski definition) is 1. The zero-order valence-corrected chi connectivity index (χ0v) is 22.7. The largest absolute Gasteiger partial charge is 0.454 e. The molecule has 1 aromatic heterocycles. The van der Waals surface area contributed by atoms with Crippen molar-refractivity contribution in [2.75, 3.05) is 33.0 Å². The number of nitrogens with one attached hydrogen (secondary N) is 1. The maximum absolute atomic E-state index is 13.5. The number of nitro groups is 1. The van der Waals surface area contributed by atoms with Crippen LogP contribution in [-0.4, -0.2) is 53.9 Å². The Bertz CT molecular complexity index is 1460. The average Bonchev–Trinajstić information content (AvgIpc) is 3.61. The number of carbonyl (C=O) groups excluding carboxylic acids is 1. The molecule has 3 aromatic rings. The van der Waals surface area contributed by atoms with Gasteiger partial charge < -0.3 is 24.2 Å². The SMILES string of the molecule is O=C(/C=C/c1cc2c(cc1[N+](=O)[O-])OCO2)NC[C@@H]1CCCC[C@H]1CN1CCC(c2noc3cc(F)ccc23)CC1. The molecule has 2 aliphatic heterocycles. The highest BCUT2D eigenvalue weighted by atomic mass is 19.1. The third-order valence-electron chi connectivity index (χ3n) is 8.67. The molecule has 0 unspecified atom stereocenters. The van der Waals surface area contributed by atoms with Crippen LogP contribution in [0, 0.1) is 27.8 Å². The predicted octanol–water partition coefficient (Wildman–Crippen LogP) is 5.42. The summed E-state index contributed by atoms with van der Waals surface area (Å²) in [4.78, 5) is 26.2. The van der Waals surface area contributed by atoms with E-state index in [0.29, 0.717) is 46.9 Å². The van der Waals surface area contributed by atoms with Gasteiger partial charge in [-0.25, -0.2) is 4.39 Å². The lowest BCUT2D eigenvalue weighted by Crippen LogP contribution is -2.42. The number of hydrogen-bond acceptors (Lipinski definition) is 8. The van der Waals surface area contributed by atoms with Gasteiger partial charge in [-0.05, 0) is 74.9 Å². The molecule has 1 amide bonds. The van der Waals surface area contributed by atoms with Crippen LogP contribution in [0.25, 0.3) is 17.0 Å². The fourth-order valence-corrected chi connectivity index (χ4v) is 6.43. The summed E-state index contributed by atoms with van der Waals surface area (Å²) >= 11 is 0. The molecule has 1 N–H and O–H groups in total. The Balaban J connectivity index is 1.02. The molecule has 41 heavy (non-hydrogen) atoms. The molecule has 11 heteroatoms. The highest BCUT2D eigenvalue weighted by Gasteiger charge is 2.30. The van der Waals surface area contributed by atoms with Gasteiger partial charge in [0.25, 0.3) is 5.69 Å². The predicted molar refractivity (Wildman–Crippen MR) is 149 cm³/mol. The van der Waals surface area contributed by atoms with Gasteiger partial charge in [0, 0.05) is 36.5 Å². The van der Waals surface area contributed by atoms with Gasteiger partial charge >= 0.3 is 0 Å². The quantitative estimate of drug-likeness (QED) is 0.219. The van der Waals surface area contributed by atoms with E-state index in [0.717, 1.165) is 62.8 Å². The topological polar surface area (TPSA) is 120 Å². The van der Waals surface area contributed by atoms with Gasteiger partial charge in [0.05, 0.1) is 22.2 Å². The lowest BCUT2D eigenvalue weighted by molar-refractivity contribution is -0.385. The summed E-state index contributed by atoms with van der Waals surface area (Å²) in [6.07, 6.45) is 9.30. The monoisotopic (exact) mass is 564 g/mol. The first-order valence-electron chi connectivity index (χ1n) is 14.3. The van der Waals surface area contributed by atoms with E-state index in [1.807, 2.05) is 0 Å². The molecule has 1 saturated heterocycles. The number of fused-ring (bicyclic) bond motifs is 2. The first-order valence-corrected chi connectivity index (χ1v) is 14.3. The molecule has 0 radical (unpaired) electrons. The Hall–Kier alpha value is -3.99. The number of piperidine rings is 1. The Morgan fingerprint density at radius 2 is 1.85 bits per heavy atom. The molecule has 2 aromatic carbocycles. The van der Waals surface area contributed by atoms with Gasteiger partial charge in [0.2, 0.25) is 12.7 Å². The zero-order valence-electron chi connectivity index (χ0n) is 22.7. The Kier molecular flexibility index (Phi) is 7.86. The van der Waals surface area contributed by atoms with Crippen LogP contribution in [0.3, 0.4) is 0 Å². The average molecular weight is 565 g/mol. The summed E-state index contributed by atoms with van der Waals surface area (Å²) in [6, 6.07) is 7.45. The van der Waals surface area contributed by atoms with Crippen molar-refractivity contribution >= 4 is 28.6 Å². The zero-order chi connectivity index (χ0) is 28.3. The second kappa shape index (κ2) is 11.9. The van der Waals surface area contributed by atoms with Crippen molar-refractivity contribution in [2.24, 2.45) is 11.8 Å². The minimum atomic E-state index is -0.496. The number of carbonyl (C=O) groups is 1. The molecule has 0 spiro atoms. The van der Waals surface area contributed by atoms with Gasteiger partial charge in [-0.3, -0.25) is 14.9 Å². The summed E-state index contributed by atoms with van der Waals surface area (Å²) in [5.74, 6) is 1.33. The lowest BCUT2D eigenvalue weighted by atomic mass is 9.78. The number of nitrogens with zero attached hydrogens (tertiary/aromatic N) is 3. The van der Waals surface area contributed by atoms with Crippen LogP contribution in [0.4, 0.5) is 10.1 Å². The first kappa shape index (κ1) is 27.2. The van der Waals surface area contributed by atoms with Crippen LogP contribution >= 0.6 is 0 Å². The van der Waals surface area contributed by atoms with Crippen molar-refractivity contribution in [3.63, 3.8) is 0 Å². The van der Waals surface area contributed by atoms with Crippen LogP contribution in [0.2, 0.25) is 0 Å². The summed E-state index contributed by atoms with van der Waals surface area (Å²) in [6.45, 7) is 3.52. The normalized spacial score (nSPS) is 21.5. The van der Waals surface area contributed by atoms with E-state index in [4.69, 9.17) is 14.0 Å². The number of amides is 1. The van der Waals surface area contributed by atoms with Gasteiger partial charge in [-0.1, -0.05) is 18.0 Å². The number of likely N-dealkylation sites (tertiary alicyclic amines) is 1. The molecule has 2 atom stereocenters.